The van der Waals surface area contributed by atoms with Gasteiger partial charge in [-0.3, -0.25) is 9.59 Å². The third-order valence-corrected chi connectivity index (χ3v) is 1.94. The summed E-state index contributed by atoms with van der Waals surface area (Å²) in [6, 6.07) is 0. The van der Waals surface area contributed by atoms with Crippen LogP contribution in [0.4, 0.5) is 0 Å². The van der Waals surface area contributed by atoms with Gasteiger partial charge < -0.3 is 18.9 Å². The van der Waals surface area contributed by atoms with E-state index in [1.165, 1.54) is 13.8 Å². The van der Waals surface area contributed by atoms with Gasteiger partial charge in [-0.1, -0.05) is 0 Å². The third-order valence-electron chi connectivity index (χ3n) is 1.94. The van der Waals surface area contributed by atoms with Crippen molar-refractivity contribution in [3.05, 3.63) is 0 Å². The molecule has 0 aliphatic carbocycles. The molecule has 0 heterocycles. The van der Waals surface area contributed by atoms with Gasteiger partial charge in [-0.2, -0.15) is 0 Å². The number of hydrogen-bond donors (Lipinski definition) is 0. The second-order valence-electron chi connectivity index (χ2n) is 3.57. The lowest BCUT2D eigenvalue weighted by atomic mass is 10.3. The number of carbonyl (C=O) groups excluding carboxylic acids is 2. The van der Waals surface area contributed by atoms with Gasteiger partial charge in [0.15, 0.2) is 6.29 Å². The van der Waals surface area contributed by atoms with Crippen LogP contribution in [0.25, 0.3) is 0 Å². The van der Waals surface area contributed by atoms with Crippen LogP contribution >= 0.6 is 0 Å². The molecule has 0 atom stereocenters. The van der Waals surface area contributed by atoms with Crippen LogP contribution < -0.4 is 0 Å². The molecule has 106 valence electrons. The fourth-order valence-electron chi connectivity index (χ4n) is 1.37. The summed E-state index contributed by atoms with van der Waals surface area (Å²) in [7, 11) is 0. The molecule has 0 unspecified atom stereocenters. The first-order chi connectivity index (χ1) is 8.49. The largest absolute Gasteiger partial charge is 0.425 e. The minimum atomic E-state index is -0.886. The maximum atomic E-state index is 10.9. The van der Waals surface area contributed by atoms with Gasteiger partial charge >= 0.3 is 11.9 Å². The van der Waals surface area contributed by atoms with Crippen molar-refractivity contribution in [3.8, 4) is 0 Å². The molecule has 0 N–H and O–H groups in total. The zero-order chi connectivity index (χ0) is 14.0. The first-order valence-corrected chi connectivity index (χ1v) is 6.07. The standard InChI is InChI=1S/C12H22O6/c1-5-15-11(16-6-2)7-8-12(17-9(3)13)18-10(4)14/h11-12H,5-8H2,1-4H3. The molecule has 18 heavy (non-hydrogen) atoms. The van der Waals surface area contributed by atoms with E-state index in [0.29, 0.717) is 26.1 Å². The molecule has 0 aromatic carbocycles. The molecule has 0 spiro atoms. The van der Waals surface area contributed by atoms with Gasteiger partial charge in [0, 0.05) is 39.9 Å². The molecule has 6 heteroatoms. The summed E-state index contributed by atoms with van der Waals surface area (Å²) in [6.07, 6.45) is -0.450. The van der Waals surface area contributed by atoms with Gasteiger partial charge in [0.25, 0.3) is 0 Å². The van der Waals surface area contributed by atoms with Gasteiger partial charge in [-0.15, -0.1) is 0 Å². The minimum Gasteiger partial charge on any atom is -0.425 e. The molecule has 0 bridgehead atoms. The lowest BCUT2D eigenvalue weighted by Crippen LogP contribution is -2.26. The fourth-order valence-corrected chi connectivity index (χ4v) is 1.37. The van der Waals surface area contributed by atoms with Crippen LogP contribution in [-0.2, 0) is 28.5 Å². The molecule has 0 rings (SSSR count). The van der Waals surface area contributed by atoms with Crippen molar-refractivity contribution >= 4 is 11.9 Å². The Morgan fingerprint density at radius 3 is 1.56 bits per heavy atom. The van der Waals surface area contributed by atoms with Gasteiger partial charge in [0.2, 0.25) is 6.29 Å². The van der Waals surface area contributed by atoms with E-state index in [9.17, 15) is 9.59 Å². The van der Waals surface area contributed by atoms with Crippen molar-refractivity contribution in [1.29, 1.82) is 0 Å². The maximum Gasteiger partial charge on any atom is 0.305 e. The Morgan fingerprint density at radius 1 is 0.833 bits per heavy atom. The zero-order valence-corrected chi connectivity index (χ0v) is 11.4. The molecule has 0 amide bonds. The zero-order valence-electron chi connectivity index (χ0n) is 11.4. The number of ether oxygens (including phenoxy) is 4. The Labute approximate surface area is 108 Å². The van der Waals surface area contributed by atoms with Crippen LogP contribution in [0.1, 0.15) is 40.5 Å². The van der Waals surface area contributed by atoms with Crippen LogP contribution in [0.3, 0.4) is 0 Å². The highest BCUT2D eigenvalue weighted by Gasteiger charge is 2.18. The van der Waals surface area contributed by atoms with Gasteiger partial charge in [0.05, 0.1) is 0 Å². The third kappa shape index (κ3) is 8.95. The fraction of sp³-hybridized carbons (Fsp3) is 0.833. The van der Waals surface area contributed by atoms with Crippen LogP contribution in [0, 0.1) is 0 Å². The Kier molecular flexibility index (Phi) is 9.22. The summed E-state index contributed by atoms with van der Waals surface area (Å²) in [6.45, 7) is 7.30. The molecular formula is C12H22O6. The Morgan fingerprint density at radius 2 is 1.22 bits per heavy atom. The van der Waals surface area contributed by atoms with Crippen LogP contribution in [-0.4, -0.2) is 37.7 Å². The van der Waals surface area contributed by atoms with Gasteiger partial charge in [-0.05, 0) is 13.8 Å². The lowest BCUT2D eigenvalue weighted by molar-refractivity contribution is -0.193. The molecule has 0 radical (unpaired) electrons. The highest BCUT2D eigenvalue weighted by Crippen LogP contribution is 2.11. The smallest absolute Gasteiger partial charge is 0.305 e. The molecule has 0 saturated heterocycles. The summed E-state index contributed by atoms with van der Waals surface area (Å²) < 4.78 is 20.4. The van der Waals surface area contributed by atoms with E-state index in [1.54, 1.807) is 0 Å². The highest BCUT2D eigenvalue weighted by molar-refractivity contribution is 5.68. The SMILES string of the molecule is CCOC(CCC(OC(C)=O)OC(C)=O)OCC. The van der Waals surface area contributed by atoms with Crippen molar-refractivity contribution in [2.24, 2.45) is 0 Å². The molecule has 0 saturated carbocycles. The van der Waals surface area contributed by atoms with Gasteiger partial charge in [0.1, 0.15) is 0 Å². The number of esters is 2. The van der Waals surface area contributed by atoms with Crippen molar-refractivity contribution < 1.29 is 28.5 Å². The van der Waals surface area contributed by atoms with Crippen molar-refractivity contribution in [1.82, 2.24) is 0 Å². The monoisotopic (exact) mass is 262 g/mol. The summed E-state index contributed by atoms with van der Waals surface area (Å²) in [5.74, 6) is -0.990. The molecule has 6 nitrogen and oxygen atoms in total. The normalized spacial score (nSPS) is 10.8. The van der Waals surface area contributed by atoms with E-state index in [2.05, 4.69) is 0 Å². The molecule has 0 aliphatic rings. The summed E-state index contributed by atoms with van der Waals surface area (Å²) >= 11 is 0. The van der Waals surface area contributed by atoms with Crippen LogP contribution in [0.2, 0.25) is 0 Å². The average Bonchev–Trinajstić information content (AvgIpc) is 2.24. The van der Waals surface area contributed by atoms with Crippen LogP contribution in [0.15, 0.2) is 0 Å². The Balaban J connectivity index is 4.19. The lowest BCUT2D eigenvalue weighted by Gasteiger charge is -2.20. The molecule has 0 fully saturated rings. The number of hydrogen-bond acceptors (Lipinski definition) is 6. The molecule has 0 aliphatic heterocycles. The highest BCUT2D eigenvalue weighted by atomic mass is 16.7. The minimum absolute atomic E-state index is 0.337. The first-order valence-electron chi connectivity index (χ1n) is 6.07. The van der Waals surface area contributed by atoms with Crippen molar-refractivity contribution in [3.63, 3.8) is 0 Å². The summed E-state index contributed by atoms with van der Waals surface area (Å²) in [5, 5.41) is 0. The number of carbonyl (C=O) groups is 2. The topological polar surface area (TPSA) is 71.1 Å². The second kappa shape index (κ2) is 9.85. The Bertz CT molecular complexity index is 231. The molecular weight excluding hydrogens is 240 g/mol. The number of rotatable bonds is 9. The van der Waals surface area contributed by atoms with E-state index in [0.717, 1.165) is 0 Å². The van der Waals surface area contributed by atoms with Gasteiger partial charge in [-0.25, -0.2) is 0 Å². The van der Waals surface area contributed by atoms with Crippen molar-refractivity contribution in [2.45, 2.75) is 53.1 Å². The predicted octanol–water partition coefficient (Wildman–Crippen LogP) is 1.62. The summed E-state index contributed by atoms with van der Waals surface area (Å²) in [5.41, 5.74) is 0. The van der Waals surface area contributed by atoms with E-state index in [4.69, 9.17) is 18.9 Å². The first kappa shape index (κ1) is 16.9. The van der Waals surface area contributed by atoms with E-state index in [-0.39, 0.29) is 6.29 Å². The van der Waals surface area contributed by atoms with E-state index >= 15 is 0 Å². The van der Waals surface area contributed by atoms with E-state index in [1.807, 2.05) is 13.8 Å². The van der Waals surface area contributed by atoms with E-state index < -0.39 is 18.2 Å². The van der Waals surface area contributed by atoms with Crippen molar-refractivity contribution in [2.75, 3.05) is 13.2 Å². The summed E-state index contributed by atoms with van der Waals surface area (Å²) in [4.78, 5) is 21.7. The Hall–Kier alpha value is -1.14. The van der Waals surface area contributed by atoms with Crippen LogP contribution in [0.5, 0.6) is 0 Å². The molecule has 0 aromatic rings. The molecule has 0 aromatic heterocycles. The predicted molar refractivity (Wildman–Crippen MR) is 63.6 cm³/mol. The maximum absolute atomic E-state index is 10.9. The average molecular weight is 262 g/mol. The quantitative estimate of drug-likeness (QED) is 0.464. The second-order valence-corrected chi connectivity index (χ2v) is 3.57.